The maximum absolute atomic E-state index is 13.5. The minimum atomic E-state index is -0.566. The second kappa shape index (κ2) is 4.49. The standard InChI is InChI=1S/C11H13FN2O2/c1-16-8-2-3-9(10(12)4-8)11(15)14-7-5-13-6-7/h2-4,7,13H,5-6H2,1H3,(H,14,15). The molecule has 1 aliphatic heterocycles. The summed E-state index contributed by atoms with van der Waals surface area (Å²) in [5.74, 6) is -0.546. The summed E-state index contributed by atoms with van der Waals surface area (Å²) in [7, 11) is 1.45. The maximum atomic E-state index is 13.5. The fourth-order valence-corrected chi connectivity index (χ4v) is 1.46. The Labute approximate surface area is 92.8 Å². The van der Waals surface area contributed by atoms with Gasteiger partial charge in [0.2, 0.25) is 0 Å². The monoisotopic (exact) mass is 224 g/mol. The average Bonchev–Trinajstić information content (AvgIpc) is 2.23. The Bertz CT molecular complexity index is 405. The van der Waals surface area contributed by atoms with Gasteiger partial charge in [-0.15, -0.1) is 0 Å². The van der Waals surface area contributed by atoms with Crippen LogP contribution in [0.2, 0.25) is 0 Å². The molecule has 2 N–H and O–H groups in total. The second-order valence-corrected chi connectivity index (χ2v) is 3.67. The van der Waals surface area contributed by atoms with E-state index in [-0.39, 0.29) is 17.5 Å². The third-order valence-electron chi connectivity index (χ3n) is 2.54. The molecular formula is C11H13FN2O2. The molecule has 2 rings (SSSR count). The number of benzene rings is 1. The number of ether oxygens (including phenoxy) is 1. The van der Waals surface area contributed by atoms with E-state index in [0.717, 1.165) is 13.1 Å². The number of methoxy groups -OCH3 is 1. The van der Waals surface area contributed by atoms with Gasteiger partial charge in [-0.2, -0.15) is 0 Å². The number of halogens is 1. The Balaban J connectivity index is 2.09. The lowest BCUT2D eigenvalue weighted by Gasteiger charge is -2.27. The predicted octanol–water partition coefficient (Wildman–Crippen LogP) is 0.536. The topological polar surface area (TPSA) is 50.4 Å². The van der Waals surface area contributed by atoms with Crippen LogP contribution in [-0.2, 0) is 0 Å². The summed E-state index contributed by atoms with van der Waals surface area (Å²) in [4.78, 5) is 11.6. The van der Waals surface area contributed by atoms with Crippen molar-refractivity contribution < 1.29 is 13.9 Å². The summed E-state index contributed by atoms with van der Waals surface area (Å²) in [6.07, 6.45) is 0. The van der Waals surface area contributed by atoms with E-state index < -0.39 is 5.82 Å². The van der Waals surface area contributed by atoms with Gasteiger partial charge in [0.1, 0.15) is 11.6 Å². The number of hydrogen-bond acceptors (Lipinski definition) is 3. The van der Waals surface area contributed by atoms with Crippen LogP contribution >= 0.6 is 0 Å². The highest BCUT2D eigenvalue weighted by atomic mass is 19.1. The van der Waals surface area contributed by atoms with E-state index in [2.05, 4.69) is 10.6 Å². The Morgan fingerprint density at radius 2 is 2.31 bits per heavy atom. The van der Waals surface area contributed by atoms with Crippen molar-refractivity contribution in [2.45, 2.75) is 6.04 Å². The van der Waals surface area contributed by atoms with Crippen molar-refractivity contribution in [2.24, 2.45) is 0 Å². The van der Waals surface area contributed by atoms with E-state index in [1.54, 1.807) is 6.07 Å². The van der Waals surface area contributed by atoms with Crippen molar-refractivity contribution in [3.63, 3.8) is 0 Å². The first-order chi connectivity index (χ1) is 7.70. The van der Waals surface area contributed by atoms with Crippen LogP contribution in [0, 0.1) is 5.82 Å². The smallest absolute Gasteiger partial charge is 0.254 e. The van der Waals surface area contributed by atoms with Crippen molar-refractivity contribution in [2.75, 3.05) is 20.2 Å². The third-order valence-corrected chi connectivity index (χ3v) is 2.54. The molecule has 1 aliphatic rings. The van der Waals surface area contributed by atoms with Gasteiger partial charge in [0.25, 0.3) is 5.91 Å². The Hall–Kier alpha value is -1.62. The van der Waals surface area contributed by atoms with E-state index in [9.17, 15) is 9.18 Å². The molecule has 5 heteroatoms. The molecule has 1 amide bonds. The summed E-state index contributed by atoms with van der Waals surface area (Å²) in [5, 5.41) is 5.75. The van der Waals surface area contributed by atoms with Gasteiger partial charge in [0.05, 0.1) is 18.7 Å². The fraction of sp³-hybridized carbons (Fsp3) is 0.364. The van der Waals surface area contributed by atoms with Crippen LogP contribution in [0.3, 0.4) is 0 Å². The van der Waals surface area contributed by atoms with Gasteiger partial charge in [-0.25, -0.2) is 4.39 Å². The molecule has 0 atom stereocenters. The zero-order valence-electron chi connectivity index (χ0n) is 8.92. The summed E-state index contributed by atoms with van der Waals surface area (Å²) < 4.78 is 18.4. The summed E-state index contributed by atoms with van der Waals surface area (Å²) in [5.41, 5.74) is 0.0488. The van der Waals surface area contributed by atoms with Gasteiger partial charge < -0.3 is 15.4 Å². The van der Waals surface area contributed by atoms with E-state index in [1.165, 1.54) is 19.2 Å². The fourth-order valence-electron chi connectivity index (χ4n) is 1.46. The molecule has 4 nitrogen and oxygen atoms in total. The van der Waals surface area contributed by atoms with Crippen LogP contribution < -0.4 is 15.4 Å². The van der Waals surface area contributed by atoms with Gasteiger partial charge in [-0.1, -0.05) is 0 Å². The van der Waals surface area contributed by atoms with Gasteiger partial charge in [-0.05, 0) is 12.1 Å². The predicted molar refractivity (Wildman–Crippen MR) is 57.1 cm³/mol. The highest BCUT2D eigenvalue weighted by Gasteiger charge is 2.21. The van der Waals surface area contributed by atoms with E-state index in [4.69, 9.17) is 4.74 Å². The van der Waals surface area contributed by atoms with Crippen LogP contribution in [0.25, 0.3) is 0 Å². The largest absolute Gasteiger partial charge is 0.497 e. The van der Waals surface area contributed by atoms with Gasteiger partial charge in [0, 0.05) is 19.2 Å². The summed E-state index contributed by atoms with van der Waals surface area (Å²) in [6.45, 7) is 1.48. The number of amides is 1. The van der Waals surface area contributed by atoms with Crippen molar-refractivity contribution in [1.29, 1.82) is 0 Å². The lowest BCUT2D eigenvalue weighted by Crippen LogP contribution is -2.57. The average molecular weight is 224 g/mol. The van der Waals surface area contributed by atoms with E-state index in [0.29, 0.717) is 5.75 Å². The highest BCUT2D eigenvalue weighted by molar-refractivity contribution is 5.94. The van der Waals surface area contributed by atoms with Crippen molar-refractivity contribution in [1.82, 2.24) is 10.6 Å². The van der Waals surface area contributed by atoms with Crippen LogP contribution in [-0.4, -0.2) is 32.1 Å². The van der Waals surface area contributed by atoms with Crippen molar-refractivity contribution >= 4 is 5.91 Å². The van der Waals surface area contributed by atoms with E-state index in [1.807, 2.05) is 0 Å². The molecule has 1 aromatic carbocycles. The van der Waals surface area contributed by atoms with Crippen molar-refractivity contribution in [3.05, 3.63) is 29.6 Å². The highest BCUT2D eigenvalue weighted by Crippen LogP contribution is 2.16. The Kier molecular flexibility index (Phi) is 3.05. The molecule has 1 fully saturated rings. The molecule has 1 aromatic rings. The zero-order chi connectivity index (χ0) is 11.5. The third kappa shape index (κ3) is 2.14. The molecule has 16 heavy (non-hydrogen) atoms. The number of hydrogen-bond donors (Lipinski definition) is 2. The molecule has 0 radical (unpaired) electrons. The molecule has 0 saturated carbocycles. The first kappa shape index (κ1) is 10.9. The Morgan fingerprint density at radius 1 is 1.56 bits per heavy atom. The van der Waals surface area contributed by atoms with Gasteiger partial charge in [0.15, 0.2) is 0 Å². The second-order valence-electron chi connectivity index (χ2n) is 3.67. The molecule has 1 saturated heterocycles. The Morgan fingerprint density at radius 3 is 2.81 bits per heavy atom. The van der Waals surface area contributed by atoms with Crippen LogP contribution in [0.15, 0.2) is 18.2 Å². The number of carbonyl (C=O) groups is 1. The van der Waals surface area contributed by atoms with Crippen LogP contribution in [0.4, 0.5) is 4.39 Å². The van der Waals surface area contributed by atoms with Crippen LogP contribution in [0.5, 0.6) is 5.75 Å². The molecular weight excluding hydrogens is 211 g/mol. The molecule has 0 aliphatic carbocycles. The SMILES string of the molecule is COc1ccc(C(=O)NC2CNC2)c(F)c1. The zero-order valence-corrected chi connectivity index (χ0v) is 8.92. The molecule has 86 valence electrons. The van der Waals surface area contributed by atoms with E-state index >= 15 is 0 Å². The van der Waals surface area contributed by atoms with Crippen LogP contribution in [0.1, 0.15) is 10.4 Å². The number of nitrogens with one attached hydrogen (secondary N) is 2. The molecule has 1 heterocycles. The van der Waals surface area contributed by atoms with Gasteiger partial charge >= 0.3 is 0 Å². The molecule has 0 unspecified atom stereocenters. The first-order valence-corrected chi connectivity index (χ1v) is 5.06. The lowest BCUT2D eigenvalue weighted by atomic mass is 10.1. The summed E-state index contributed by atoms with van der Waals surface area (Å²) >= 11 is 0. The maximum Gasteiger partial charge on any atom is 0.254 e. The number of rotatable bonds is 3. The first-order valence-electron chi connectivity index (χ1n) is 5.06. The molecule has 0 bridgehead atoms. The quantitative estimate of drug-likeness (QED) is 0.787. The van der Waals surface area contributed by atoms with Crippen molar-refractivity contribution in [3.8, 4) is 5.75 Å². The lowest BCUT2D eigenvalue weighted by molar-refractivity contribution is 0.0920. The minimum Gasteiger partial charge on any atom is -0.497 e. The molecule has 0 aromatic heterocycles. The molecule has 0 spiro atoms. The van der Waals surface area contributed by atoms with Gasteiger partial charge in [-0.3, -0.25) is 4.79 Å². The minimum absolute atomic E-state index is 0.0488. The summed E-state index contributed by atoms with van der Waals surface area (Å²) in [6, 6.07) is 4.30. The number of carbonyl (C=O) groups excluding carboxylic acids is 1. The normalized spacial score (nSPS) is 15.4.